The molecule has 0 saturated heterocycles. The summed E-state index contributed by atoms with van der Waals surface area (Å²) in [5.74, 6) is -3.94. The summed E-state index contributed by atoms with van der Waals surface area (Å²) in [4.78, 5) is 1.40. The van der Waals surface area contributed by atoms with Crippen LogP contribution < -0.4 is 0 Å². The molecule has 0 bridgehead atoms. The van der Waals surface area contributed by atoms with Crippen LogP contribution in [0.25, 0.3) is 0 Å². The van der Waals surface area contributed by atoms with Gasteiger partial charge < -0.3 is 4.57 Å². The summed E-state index contributed by atoms with van der Waals surface area (Å²) < 4.78 is 52.3. The Hall–Kier alpha value is -1.04. The third-order valence-corrected chi connectivity index (χ3v) is 3.20. The lowest BCUT2D eigenvalue weighted by atomic mass is 10.1. The summed E-state index contributed by atoms with van der Waals surface area (Å²) in [5.41, 5.74) is 0.890. The average Bonchev–Trinajstić information content (AvgIpc) is 2.70. The fourth-order valence-electron chi connectivity index (χ4n) is 2.18. The second-order valence-corrected chi connectivity index (χ2v) is 4.33. The lowest BCUT2D eigenvalue weighted by molar-refractivity contribution is -0.147. The number of hydrogen-bond acceptors (Lipinski definition) is 1. The first-order chi connectivity index (χ1) is 7.92. The molecule has 0 unspecified atom stereocenters. The largest absolute Gasteiger partial charge is 0.349 e. The third-order valence-electron chi connectivity index (χ3n) is 3.20. The molecule has 1 aliphatic heterocycles. The van der Waals surface area contributed by atoms with Gasteiger partial charge in [0.05, 0.1) is 6.54 Å². The molecule has 0 aliphatic carbocycles. The van der Waals surface area contributed by atoms with Crippen molar-refractivity contribution in [2.45, 2.75) is 31.9 Å². The Morgan fingerprint density at radius 2 is 2.12 bits per heavy atom. The van der Waals surface area contributed by atoms with E-state index in [-0.39, 0.29) is 6.04 Å². The molecule has 17 heavy (non-hydrogen) atoms. The number of halogens is 4. The van der Waals surface area contributed by atoms with Gasteiger partial charge in [0.15, 0.2) is 0 Å². The van der Waals surface area contributed by atoms with Gasteiger partial charge in [0, 0.05) is 31.0 Å². The molecule has 6 heteroatoms. The van der Waals surface area contributed by atoms with Crippen LogP contribution in [0.3, 0.4) is 0 Å². The smallest absolute Gasteiger partial charge is 0.319 e. The van der Waals surface area contributed by atoms with Crippen molar-refractivity contribution in [3.63, 3.8) is 0 Å². The van der Waals surface area contributed by atoms with E-state index in [4.69, 9.17) is 0 Å². The zero-order valence-corrected chi connectivity index (χ0v) is 9.41. The van der Waals surface area contributed by atoms with E-state index < -0.39 is 18.9 Å². The first kappa shape index (κ1) is 12.4. The van der Waals surface area contributed by atoms with Gasteiger partial charge in [0.1, 0.15) is 0 Å². The van der Waals surface area contributed by atoms with Crippen LogP contribution >= 0.6 is 0 Å². The number of fused-ring (bicyclic) bond motifs is 1. The first-order valence-electron chi connectivity index (χ1n) is 5.47. The van der Waals surface area contributed by atoms with Gasteiger partial charge >= 0.3 is 12.3 Å². The van der Waals surface area contributed by atoms with Gasteiger partial charge in [-0.3, -0.25) is 4.90 Å². The molecule has 0 N–H and O–H groups in total. The highest BCUT2D eigenvalue weighted by Crippen LogP contribution is 2.31. The third kappa shape index (κ3) is 2.31. The minimum atomic E-state index is -3.94. The van der Waals surface area contributed by atoms with Crippen molar-refractivity contribution in [3.05, 3.63) is 24.0 Å². The highest BCUT2D eigenvalue weighted by molar-refractivity contribution is 5.13. The molecule has 0 spiro atoms. The van der Waals surface area contributed by atoms with Crippen molar-refractivity contribution in [2.75, 3.05) is 13.1 Å². The highest BCUT2D eigenvalue weighted by Gasteiger charge is 2.43. The molecule has 0 amide bonds. The average molecular weight is 250 g/mol. The summed E-state index contributed by atoms with van der Waals surface area (Å²) in [5, 5.41) is 0. The van der Waals surface area contributed by atoms with E-state index in [0.717, 1.165) is 5.69 Å². The molecule has 96 valence electrons. The van der Waals surface area contributed by atoms with E-state index >= 15 is 0 Å². The molecule has 0 aromatic carbocycles. The molecule has 2 rings (SSSR count). The Morgan fingerprint density at radius 1 is 1.41 bits per heavy atom. The molecule has 2 nitrogen and oxygen atoms in total. The predicted molar refractivity (Wildman–Crippen MR) is 55.4 cm³/mol. The van der Waals surface area contributed by atoms with Crippen molar-refractivity contribution < 1.29 is 17.6 Å². The van der Waals surface area contributed by atoms with Crippen LogP contribution in [0.2, 0.25) is 0 Å². The molecule has 1 atom stereocenters. The van der Waals surface area contributed by atoms with Gasteiger partial charge in [-0.2, -0.15) is 8.78 Å². The maximum Gasteiger partial charge on any atom is 0.319 e. The zero-order chi connectivity index (χ0) is 12.6. The van der Waals surface area contributed by atoms with E-state index in [1.807, 2.05) is 22.9 Å². The fraction of sp³-hybridized carbons (Fsp3) is 0.636. The van der Waals surface area contributed by atoms with E-state index in [1.54, 1.807) is 6.92 Å². The van der Waals surface area contributed by atoms with E-state index in [0.29, 0.717) is 13.1 Å². The summed E-state index contributed by atoms with van der Waals surface area (Å²) in [6.07, 6.45) is -1.74. The second-order valence-electron chi connectivity index (χ2n) is 4.33. The van der Waals surface area contributed by atoms with Crippen LogP contribution in [0.4, 0.5) is 17.6 Å². The Morgan fingerprint density at radius 3 is 2.76 bits per heavy atom. The molecule has 0 radical (unpaired) electrons. The summed E-state index contributed by atoms with van der Waals surface area (Å²) in [7, 11) is 0. The normalized spacial score (nSPS) is 21.9. The number of nitrogens with zero attached hydrogens (tertiary/aromatic N) is 2. The second kappa shape index (κ2) is 4.33. The molecule has 0 fully saturated rings. The molecule has 1 aliphatic rings. The topological polar surface area (TPSA) is 8.17 Å². The number of rotatable bonds is 3. The SMILES string of the molecule is C[C@@H]1c2cccn2CCN1CC(F)(F)C(F)F. The van der Waals surface area contributed by atoms with Crippen LogP contribution in [0.1, 0.15) is 18.7 Å². The number of alkyl halides is 4. The van der Waals surface area contributed by atoms with Crippen LogP contribution in [-0.4, -0.2) is 34.9 Å². The van der Waals surface area contributed by atoms with Crippen LogP contribution in [0.5, 0.6) is 0 Å². The maximum absolute atomic E-state index is 13.0. The van der Waals surface area contributed by atoms with Crippen molar-refractivity contribution in [1.29, 1.82) is 0 Å². The van der Waals surface area contributed by atoms with Crippen LogP contribution in [0, 0.1) is 0 Å². The highest BCUT2D eigenvalue weighted by atomic mass is 19.3. The van der Waals surface area contributed by atoms with Gasteiger partial charge in [-0.05, 0) is 19.1 Å². The van der Waals surface area contributed by atoms with Gasteiger partial charge in [-0.1, -0.05) is 0 Å². The minimum Gasteiger partial charge on any atom is -0.349 e. The van der Waals surface area contributed by atoms with Crippen molar-refractivity contribution >= 4 is 0 Å². The predicted octanol–water partition coefficient (Wildman–Crippen LogP) is 2.77. The lowest BCUT2D eigenvalue weighted by Crippen LogP contribution is -2.46. The van der Waals surface area contributed by atoms with Gasteiger partial charge in [-0.15, -0.1) is 0 Å². The number of hydrogen-bond donors (Lipinski definition) is 0. The monoisotopic (exact) mass is 250 g/mol. The Labute approximate surface area is 96.8 Å². The summed E-state index contributed by atoms with van der Waals surface area (Å²) >= 11 is 0. The quantitative estimate of drug-likeness (QED) is 0.749. The van der Waals surface area contributed by atoms with Crippen molar-refractivity contribution in [2.24, 2.45) is 0 Å². The van der Waals surface area contributed by atoms with Gasteiger partial charge in [-0.25, -0.2) is 8.78 Å². The van der Waals surface area contributed by atoms with Crippen molar-refractivity contribution in [1.82, 2.24) is 9.47 Å². The molecular weight excluding hydrogens is 236 g/mol. The first-order valence-corrected chi connectivity index (χ1v) is 5.47. The fourth-order valence-corrected chi connectivity index (χ4v) is 2.18. The van der Waals surface area contributed by atoms with E-state index in [2.05, 4.69) is 0 Å². The molecule has 1 aromatic rings. The van der Waals surface area contributed by atoms with Crippen LogP contribution in [-0.2, 0) is 6.54 Å². The molecule has 2 heterocycles. The summed E-state index contributed by atoms with van der Waals surface area (Å²) in [6, 6.07) is 3.40. The summed E-state index contributed by atoms with van der Waals surface area (Å²) in [6.45, 7) is 1.79. The Kier molecular flexibility index (Phi) is 3.16. The number of aromatic nitrogens is 1. The van der Waals surface area contributed by atoms with Gasteiger partial charge in [0.25, 0.3) is 0 Å². The zero-order valence-electron chi connectivity index (χ0n) is 9.41. The minimum absolute atomic E-state index is 0.261. The standard InChI is InChI=1S/C11H14F4N2/c1-8-9-3-2-4-16(9)5-6-17(8)7-11(14,15)10(12)13/h2-4,8,10H,5-7H2,1H3/t8-/m1/s1. The maximum atomic E-state index is 13.0. The molecular formula is C11H14F4N2. The van der Waals surface area contributed by atoms with Crippen LogP contribution in [0.15, 0.2) is 18.3 Å². The molecule has 0 saturated carbocycles. The Bertz CT molecular complexity index is 389. The van der Waals surface area contributed by atoms with Crippen molar-refractivity contribution in [3.8, 4) is 0 Å². The van der Waals surface area contributed by atoms with Gasteiger partial charge in [0.2, 0.25) is 0 Å². The lowest BCUT2D eigenvalue weighted by Gasteiger charge is -2.36. The van der Waals surface area contributed by atoms with E-state index in [1.165, 1.54) is 4.90 Å². The molecule has 1 aromatic heterocycles. The Balaban J connectivity index is 2.10. The van der Waals surface area contributed by atoms with E-state index in [9.17, 15) is 17.6 Å².